The van der Waals surface area contributed by atoms with Crippen LogP contribution in [0, 0.1) is 11.8 Å². The van der Waals surface area contributed by atoms with E-state index in [1.54, 1.807) is 7.11 Å². The smallest absolute Gasteiger partial charge is 0.169 e. The first-order valence-corrected chi connectivity index (χ1v) is 5.89. The molecule has 1 aliphatic rings. The van der Waals surface area contributed by atoms with Crippen molar-refractivity contribution in [1.29, 1.82) is 0 Å². The van der Waals surface area contributed by atoms with Crippen molar-refractivity contribution in [3.63, 3.8) is 0 Å². The largest absolute Gasteiger partial charge is 0.496 e. The van der Waals surface area contributed by atoms with Gasteiger partial charge in [-0.25, -0.2) is 0 Å². The highest BCUT2D eigenvalue weighted by Crippen LogP contribution is 2.34. The van der Waals surface area contributed by atoms with Crippen LogP contribution in [0.3, 0.4) is 0 Å². The third-order valence-corrected chi connectivity index (χ3v) is 3.44. The van der Waals surface area contributed by atoms with Crippen LogP contribution in [-0.2, 0) is 0 Å². The van der Waals surface area contributed by atoms with Crippen molar-refractivity contribution in [2.45, 2.75) is 26.2 Å². The molecule has 0 spiro atoms. The number of para-hydroxylation sites is 1. The first kappa shape index (κ1) is 11.2. The van der Waals surface area contributed by atoms with Crippen molar-refractivity contribution in [2.24, 2.45) is 11.8 Å². The average molecular weight is 218 g/mol. The van der Waals surface area contributed by atoms with E-state index in [1.165, 1.54) is 6.42 Å². The Bertz CT molecular complexity index is 384. The molecule has 2 rings (SSSR count). The summed E-state index contributed by atoms with van der Waals surface area (Å²) in [5.41, 5.74) is 0.740. The van der Waals surface area contributed by atoms with Crippen molar-refractivity contribution in [3.8, 4) is 5.75 Å². The minimum absolute atomic E-state index is 0.200. The van der Waals surface area contributed by atoms with Crippen molar-refractivity contribution < 1.29 is 9.53 Å². The Morgan fingerprint density at radius 2 is 2.06 bits per heavy atom. The van der Waals surface area contributed by atoms with Gasteiger partial charge in [0.15, 0.2) is 5.78 Å². The fourth-order valence-electron chi connectivity index (χ4n) is 2.51. The molecule has 86 valence electrons. The number of methoxy groups -OCH3 is 1. The predicted molar refractivity (Wildman–Crippen MR) is 63.8 cm³/mol. The SMILES string of the molecule is COc1ccccc1C(=O)C1CC[C@@H](C)C1. The normalized spacial score (nSPS) is 24.4. The quantitative estimate of drug-likeness (QED) is 0.727. The Kier molecular flexibility index (Phi) is 3.28. The standard InChI is InChI=1S/C14H18O2/c1-10-7-8-11(9-10)14(15)12-5-3-4-6-13(12)16-2/h3-6,10-11H,7-9H2,1-2H3/t10-,11?/m1/s1. The van der Waals surface area contributed by atoms with E-state index in [0.717, 1.165) is 18.4 Å². The number of carbonyl (C=O) groups excluding carboxylic acids is 1. The molecule has 0 aliphatic heterocycles. The summed E-state index contributed by atoms with van der Waals surface area (Å²) < 4.78 is 5.23. The molecule has 0 saturated heterocycles. The fraction of sp³-hybridized carbons (Fsp3) is 0.500. The lowest BCUT2D eigenvalue weighted by Crippen LogP contribution is -2.12. The summed E-state index contributed by atoms with van der Waals surface area (Å²) in [5.74, 6) is 1.84. The zero-order chi connectivity index (χ0) is 11.5. The van der Waals surface area contributed by atoms with E-state index >= 15 is 0 Å². The second-order valence-corrected chi connectivity index (χ2v) is 4.68. The van der Waals surface area contributed by atoms with Gasteiger partial charge >= 0.3 is 0 Å². The molecule has 2 nitrogen and oxygen atoms in total. The van der Waals surface area contributed by atoms with Crippen LogP contribution >= 0.6 is 0 Å². The Hall–Kier alpha value is -1.31. The highest BCUT2D eigenvalue weighted by molar-refractivity contribution is 6.00. The monoisotopic (exact) mass is 218 g/mol. The Morgan fingerprint density at radius 3 is 2.69 bits per heavy atom. The van der Waals surface area contributed by atoms with Crippen LogP contribution in [0.2, 0.25) is 0 Å². The molecule has 1 fully saturated rings. The van der Waals surface area contributed by atoms with E-state index in [0.29, 0.717) is 11.7 Å². The number of ketones is 1. The van der Waals surface area contributed by atoms with Crippen LogP contribution in [0.25, 0.3) is 0 Å². The van der Waals surface area contributed by atoms with Crippen LogP contribution in [0.1, 0.15) is 36.5 Å². The Labute approximate surface area is 96.6 Å². The molecule has 0 aromatic heterocycles. The van der Waals surface area contributed by atoms with Crippen LogP contribution in [0.4, 0.5) is 0 Å². The van der Waals surface area contributed by atoms with E-state index in [9.17, 15) is 4.79 Å². The summed E-state index contributed by atoms with van der Waals surface area (Å²) in [4.78, 5) is 12.3. The van der Waals surface area contributed by atoms with Crippen molar-refractivity contribution >= 4 is 5.78 Å². The van der Waals surface area contributed by atoms with Gasteiger partial charge in [0.2, 0.25) is 0 Å². The maximum absolute atomic E-state index is 12.3. The summed E-state index contributed by atoms with van der Waals surface area (Å²) >= 11 is 0. The highest BCUT2D eigenvalue weighted by atomic mass is 16.5. The summed E-state index contributed by atoms with van der Waals surface area (Å²) in [6.45, 7) is 2.22. The molecule has 1 saturated carbocycles. The second-order valence-electron chi connectivity index (χ2n) is 4.68. The van der Waals surface area contributed by atoms with Gasteiger partial charge < -0.3 is 4.74 Å². The number of ether oxygens (including phenoxy) is 1. The van der Waals surface area contributed by atoms with Gasteiger partial charge in [0, 0.05) is 5.92 Å². The van der Waals surface area contributed by atoms with E-state index in [2.05, 4.69) is 6.92 Å². The number of hydrogen-bond acceptors (Lipinski definition) is 2. The number of hydrogen-bond donors (Lipinski definition) is 0. The molecule has 2 atom stereocenters. The minimum Gasteiger partial charge on any atom is -0.496 e. The molecule has 0 amide bonds. The molecule has 0 bridgehead atoms. The van der Waals surface area contributed by atoms with Gasteiger partial charge in [-0.2, -0.15) is 0 Å². The summed E-state index contributed by atoms with van der Waals surface area (Å²) in [6, 6.07) is 7.51. The molecule has 1 unspecified atom stereocenters. The van der Waals surface area contributed by atoms with Gasteiger partial charge in [-0.15, -0.1) is 0 Å². The average Bonchev–Trinajstić information content (AvgIpc) is 2.75. The Morgan fingerprint density at radius 1 is 1.31 bits per heavy atom. The van der Waals surface area contributed by atoms with Crippen molar-refractivity contribution in [3.05, 3.63) is 29.8 Å². The van der Waals surface area contributed by atoms with Gasteiger partial charge in [0.05, 0.1) is 12.7 Å². The number of rotatable bonds is 3. The maximum atomic E-state index is 12.3. The second kappa shape index (κ2) is 4.69. The number of benzene rings is 1. The van der Waals surface area contributed by atoms with Crippen LogP contribution in [-0.4, -0.2) is 12.9 Å². The molecule has 0 heterocycles. The molecule has 16 heavy (non-hydrogen) atoms. The van der Waals surface area contributed by atoms with Crippen molar-refractivity contribution in [1.82, 2.24) is 0 Å². The molecular weight excluding hydrogens is 200 g/mol. The lowest BCUT2D eigenvalue weighted by molar-refractivity contribution is 0.0917. The molecule has 1 aromatic carbocycles. The van der Waals surface area contributed by atoms with Crippen LogP contribution in [0.5, 0.6) is 5.75 Å². The number of carbonyl (C=O) groups is 1. The van der Waals surface area contributed by atoms with E-state index in [1.807, 2.05) is 24.3 Å². The topological polar surface area (TPSA) is 26.3 Å². The summed E-state index contributed by atoms with van der Waals surface area (Å²) in [7, 11) is 1.61. The number of Topliss-reactive ketones (excluding diaryl/α,β-unsaturated/α-hetero) is 1. The summed E-state index contributed by atoms with van der Waals surface area (Å²) in [6.07, 6.45) is 3.22. The maximum Gasteiger partial charge on any atom is 0.169 e. The molecular formula is C14H18O2. The molecule has 0 N–H and O–H groups in total. The zero-order valence-corrected chi connectivity index (χ0v) is 9.90. The first-order chi connectivity index (χ1) is 7.72. The van der Waals surface area contributed by atoms with E-state index in [4.69, 9.17) is 4.74 Å². The molecule has 0 radical (unpaired) electrons. The van der Waals surface area contributed by atoms with E-state index in [-0.39, 0.29) is 11.7 Å². The van der Waals surface area contributed by atoms with Crippen LogP contribution < -0.4 is 4.74 Å². The van der Waals surface area contributed by atoms with Crippen LogP contribution in [0.15, 0.2) is 24.3 Å². The highest BCUT2D eigenvalue weighted by Gasteiger charge is 2.29. The first-order valence-electron chi connectivity index (χ1n) is 5.89. The Balaban J connectivity index is 2.20. The third-order valence-electron chi connectivity index (χ3n) is 3.44. The third kappa shape index (κ3) is 2.11. The van der Waals surface area contributed by atoms with Crippen molar-refractivity contribution in [2.75, 3.05) is 7.11 Å². The molecule has 2 heteroatoms. The molecule has 1 aromatic rings. The lowest BCUT2D eigenvalue weighted by Gasteiger charge is -2.11. The fourth-order valence-corrected chi connectivity index (χ4v) is 2.51. The summed E-state index contributed by atoms with van der Waals surface area (Å²) in [5, 5.41) is 0. The van der Waals surface area contributed by atoms with Gasteiger partial charge in [-0.05, 0) is 37.3 Å². The van der Waals surface area contributed by atoms with Gasteiger partial charge in [0.25, 0.3) is 0 Å². The lowest BCUT2D eigenvalue weighted by atomic mass is 9.95. The van der Waals surface area contributed by atoms with Gasteiger partial charge in [-0.1, -0.05) is 19.1 Å². The predicted octanol–water partition coefficient (Wildman–Crippen LogP) is 3.31. The van der Waals surface area contributed by atoms with E-state index < -0.39 is 0 Å². The zero-order valence-electron chi connectivity index (χ0n) is 9.90. The minimum atomic E-state index is 0.200. The molecule has 1 aliphatic carbocycles. The van der Waals surface area contributed by atoms with Gasteiger partial charge in [-0.3, -0.25) is 4.79 Å². The van der Waals surface area contributed by atoms with Gasteiger partial charge in [0.1, 0.15) is 5.75 Å².